The molecule has 1 amide bonds. The van der Waals surface area contributed by atoms with E-state index < -0.39 is 6.04 Å². The number of nitrogens with one attached hydrogen (secondary N) is 1. The van der Waals surface area contributed by atoms with Crippen LogP contribution in [-0.4, -0.2) is 31.7 Å². The van der Waals surface area contributed by atoms with Crippen molar-refractivity contribution in [3.63, 3.8) is 0 Å². The molecule has 6 heteroatoms. The van der Waals surface area contributed by atoms with Gasteiger partial charge in [-0.2, -0.15) is 0 Å². The second-order valence-electron chi connectivity index (χ2n) is 5.82. The van der Waals surface area contributed by atoms with Gasteiger partial charge in [-0.3, -0.25) is 4.79 Å². The van der Waals surface area contributed by atoms with Gasteiger partial charge in [0, 0.05) is 6.54 Å². The second kappa shape index (κ2) is 9.30. The Balaban J connectivity index is 0.00000225. The third kappa shape index (κ3) is 5.37. The van der Waals surface area contributed by atoms with Gasteiger partial charge >= 0.3 is 0 Å². The fourth-order valence-electron chi connectivity index (χ4n) is 2.67. The summed E-state index contributed by atoms with van der Waals surface area (Å²) in [5, 5.41) is 2.90. The summed E-state index contributed by atoms with van der Waals surface area (Å²) in [5.41, 5.74) is 8.13. The van der Waals surface area contributed by atoms with Crippen LogP contribution < -0.4 is 20.5 Å². The van der Waals surface area contributed by atoms with Gasteiger partial charge in [0.15, 0.2) is 11.5 Å². The van der Waals surface area contributed by atoms with Crippen molar-refractivity contribution >= 4 is 18.3 Å². The summed E-state index contributed by atoms with van der Waals surface area (Å²) in [7, 11) is 0. The Kier molecular flexibility index (Phi) is 7.10. The monoisotopic (exact) mass is 362 g/mol. The van der Waals surface area contributed by atoms with E-state index in [1.54, 1.807) is 0 Å². The molecule has 3 rings (SSSR count). The fraction of sp³-hybridized carbons (Fsp3) is 0.316. The standard InChI is InChI=1S/C19H22N2O3.ClH/c20-16(12-14-4-2-1-3-5-14)19(22)21-9-8-15-6-7-17-18(13-15)24-11-10-23-17;/h1-7,13,16H,8-12,20H2,(H,21,22);1H. The number of benzene rings is 2. The van der Waals surface area contributed by atoms with Crippen molar-refractivity contribution in [2.24, 2.45) is 5.73 Å². The Morgan fingerprint density at radius 1 is 1.04 bits per heavy atom. The Morgan fingerprint density at radius 3 is 2.52 bits per heavy atom. The second-order valence-corrected chi connectivity index (χ2v) is 5.82. The van der Waals surface area contributed by atoms with Crippen LogP contribution in [0, 0.1) is 0 Å². The molecular weight excluding hydrogens is 340 g/mol. The van der Waals surface area contributed by atoms with Crippen LogP contribution >= 0.6 is 12.4 Å². The summed E-state index contributed by atoms with van der Waals surface area (Å²) in [6.07, 6.45) is 1.26. The summed E-state index contributed by atoms with van der Waals surface area (Å²) in [6.45, 7) is 1.70. The number of halogens is 1. The predicted molar refractivity (Wildman–Crippen MR) is 99.5 cm³/mol. The Hall–Kier alpha value is -2.24. The molecule has 2 aromatic carbocycles. The molecule has 5 nitrogen and oxygen atoms in total. The number of carbonyl (C=O) groups excluding carboxylic acids is 1. The molecule has 0 saturated heterocycles. The molecule has 134 valence electrons. The normalized spacial score (nSPS) is 13.5. The summed E-state index contributed by atoms with van der Waals surface area (Å²) in [5.74, 6) is 1.42. The number of rotatable bonds is 6. The van der Waals surface area contributed by atoms with Crippen LogP contribution in [0.2, 0.25) is 0 Å². The SMILES string of the molecule is Cl.NC(Cc1ccccc1)C(=O)NCCc1ccc2c(c1)OCCO2. The van der Waals surface area contributed by atoms with Gasteiger partial charge in [0.05, 0.1) is 6.04 Å². The van der Waals surface area contributed by atoms with Crippen LogP contribution in [0.15, 0.2) is 48.5 Å². The van der Waals surface area contributed by atoms with E-state index in [0.717, 1.165) is 29.0 Å². The number of amides is 1. The molecule has 0 saturated carbocycles. The van der Waals surface area contributed by atoms with Crippen molar-refractivity contribution < 1.29 is 14.3 Å². The zero-order chi connectivity index (χ0) is 16.8. The zero-order valence-electron chi connectivity index (χ0n) is 13.9. The highest BCUT2D eigenvalue weighted by atomic mass is 35.5. The highest BCUT2D eigenvalue weighted by molar-refractivity contribution is 5.85. The maximum absolute atomic E-state index is 12.1. The number of nitrogens with two attached hydrogens (primary N) is 1. The number of hydrogen-bond donors (Lipinski definition) is 2. The summed E-state index contributed by atoms with van der Waals surface area (Å²) in [6, 6.07) is 15.1. The third-order valence-corrected chi connectivity index (χ3v) is 3.95. The smallest absolute Gasteiger partial charge is 0.237 e. The van der Waals surface area contributed by atoms with E-state index in [-0.39, 0.29) is 18.3 Å². The first kappa shape index (κ1) is 19.1. The highest BCUT2D eigenvalue weighted by Crippen LogP contribution is 2.30. The lowest BCUT2D eigenvalue weighted by atomic mass is 10.1. The van der Waals surface area contributed by atoms with Crippen molar-refractivity contribution in [3.8, 4) is 11.5 Å². The number of fused-ring (bicyclic) bond motifs is 1. The predicted octanol–water partition coefficient (Wildman–Crippen LogP) is 2.11. The molecule has 25 heavy (non-hydrogen) atoms. The largest absolute Gasteiger partial charge is 0.486 e. The first-order valence-electron chi connectivity index (χ1n) is 8.18. The fourth-order valence-corrected chi connectivity index (χ4v) is 2.67. The topological polar surface area (TPSA) is 73.6 Å². The summed E-state index contributed by atoms with van der Waals surface area (Å²) < 4.78 is 11.1. The number of ether oxygens (including phenoxy) is 2. The van der Waals surface area contributed by atoms with E-state index in [9.17, 15) is 4.79 Å². The van der Waals surface area contributed by atoms with Gasteiger partial charge in [0.2, 0.25) is 5.91 Å². The molecule has 3 N–H and O–H groups in total. The molecule has 0 aromatic heterocycles. The molecule has 0 fully saturated rings. The van der Waals surface area contributed by atoms with Crippen LogP contribution in [0.25, 0.3) is 0 Å². The van der Waals surface area contributed by atoms with E-state index in [1.165, 1.54) is 0 Å². The molecule has 0 spiro atoms. The van der Waals surface area contributed by atoms with E-state index in [4.69, 9.17) is 15.2 Å². The Bertz CT molecular complexity index is 694. The molecule has 1 heterocycles. The van der Waals surface area contributed by atoms with Crippen molar-refractivity contribution in [3.05, 3.63) is 59.7 Å². The molecular formula is C19H23ClN2O3. The number of hydrogen-bond acceptors (Lipinski definition) is 4. The molecule has 1 unspecified atom stereocenters. The van der Waals surface area contributed by atoms with E-state index in [0.29, 0.717) is 26.2 Å². The number of carbonyl (C=O) groups is 1. The van der Waals surface area contributed by atoms with Gasteiger partial charge in [-0.25, -0.2) is 0 Å². The molecule has 1 aliphatic rings. The van der Waals surface area contributed by atoms with Crippen LogP contribution in [0.5, 0.6) is 11.5 Å². The minimum Gasteiger partial charge on any atom is -0.486 e. The molecule has 0 aliphatic carbocycles. The van der Waals surface area contributed by atoms with Crippen molar-refractivity contribution in [1.29, 1.82) is 0 Å². The van der Waals surface area contributed by atoms with E-state index in [2.05, 4.69) is 5.32 Å². The van der Waals surface area contributed by atoms with Crippen molar-refractivity contribution in [2.75, 3.05) is 19.8 Å². The minimum absolute atomic E-state index is 0. The highest BCUT2D eigenvalue weighted by Gasteiger charge is 2.14. The van der Waals surface area contributed by atoms with Gasteiger partial charge in [0.1, 0.15) is 13.2 Å². The van der Waals surface area contributed by atoms with Crippen molar-refractivity contribution in [2.45, 2.75) is 18.9 Å². The lowest BCUT2D eigenvalue weighted by Gasteiger charge is -2.19. The van der Waals surface area contributed by atoms with Crippen LogP contribution in [0.4, 0.5) is 0 Å². The minimum atomic E-state index is -0.535. The Morgan fingerprint density at radius 2 is 1.76 bits per heavy atom. The third-order valence-electron chi connectivity index (χ3n) is 3.95. The molecule has 1 aliphatic heterocycles. The van der Waals surface area contributed by atoms with Gasteiger partial charge < -0.3 is 20.5 Å². The van der Waals surface area contributed by atoms with Gasteiger partial charge in [-0.15, -0.1) is 12.4 Å². The molecule has 1 atom stereocenters. The first-order chi connectivity index (χ1) is 11.7. The van der Waals surface area contributed by atoms with E-state index >= 15 is 0 Å². The lowest BCUT2D eigenvalue weighted by molar-refractivity contribution is -0.122. The van der Waals surface area contributed by atoms with Crippen molar-refractivity contribution in [1.82, 2.24) is 5.32 Å². The van der Waals surface area contributed by atoms with Crippen LogP contribution in [0.3, 0.4) is 0 Å². The van der Waals surface area contributed by atoms with Gasteiger partial charge in [-0.1, -0.05) is 36.4 Å². The average molecular weight is 363 g/mol. The van der Waals surface area contributed by atoms with Crippen LogP contribution in [-0.2, 0) is 17.6 Å². The van der Waals surface area contributed by atoms with Gasteiger partial charge in [-0.05, 0) is 36.1 Å². The molecule has 0 bridgehead atoms. The summed E-state index contributed by atoms with van der Waals surface area (Å²) in [4.78, 5) is 12.1. The first-order valence-corrected chi connectivity index (χ1v) is 8.18. The quantitative estimate of drug-likeness (QED) is 0.825. The Labute approximate surface area is 153 Å². The van der Waals surface area contributed by atoms with E-state index in [1.807, 2.05) is 48.5 Å². The summed E-state index contributed by atoms with van der Waals surface area (Å²) >= 11 is 0. The average Bonchev–Trinajstić information content (AvgIpc) is 2.62. The van der Waals surface area contributed by atoms with Crippen LogP contribution in [0.1, 0.15) is 11.1 Å². The zero-order valence-corrected chi connectivity index (χ0v) is 14.8. The maximum Gasteiger partial charge on any atom is 0.237 e. The molecule has 0 radical (unpaired) electrons. The molecule has 2 aromatic rings. The maximum atomic E-state index is 12.1. The lowest BCUT2D eigenvalue weighted by Crippen LogP contribution is -2.42. The van der Waals surface area contributed by atoms with Gasteiger partial charge in [0.25, 0.3) is 0 Å².